The van der Waals surface area contributed by atoms with E-state index in [0.29, 0.717) is 6.04 Å². The van der Waals surface area contributed by atoms with Gasteiger partial charge >= 0.3 is 0 Å². The van der Waals surface area contributed by atoms with Gasteiger partial charge in [0.1, 0.15) is 0 Å². The number of likely N-dealkylation sites (tertiary alicyclic amines) is 1. The molecule has 0 aromatic heterocycles. The van der Waals surface area contributed by atoms with Crippen LogP contribution in [0, 0.1) is 11.8 Å². The Labute approximate surface area is 108 Å². The van der Waals surface area contributed by atoms with Crippen LogP contribution in [0.3, 0.4) is 0 Å². The van der Waals surface area contributed by atoms with Gasteiger partial charge in [-0.1, -0.05) is 20.8 Å². The molecule has 0 bridgehead atoms. The Balaban J connectivity index is 0.00000225. The third-order valence-electron chi connectivity index (χ3n) is 3.15. The fourth-order valence-corrected chi connectivity index (χ4v) is 2.34. The molecule has 98 valence electrons. The zero-order chi connectivity index (χ0) is 11.3. The van der Waals surface area contributed by atoms with Crippen molar-refractivity contribution in [1.82, 2.24) is 10.2 Å². The molecule has 2 nitrogen and oxygen atoms in total. The molecule has 1 aliphatic rings. The standard InChI is InChI=1S/C13H28N2.ClH/c1-11(2)8-14-13(4)10-15-7-5-6-12(3)9-15;/h11-14H,5-10H2,1-4H3;1H. The zero-order valence-electron chi connectivity index (χ0n) is 11.3. The molecule has 0 amide bonds. The second-order valence-corrected chi connectivity index (χ2v) is 5.71. The summed E-state index contributed by atoms with van der Waals surface area (Å²) in [6.45, 7) is 14.2. The van der Waals surface area contributed by atoms with Gasteiger partial charge in [0.05, 0.1) is 0 Å². The molecular formula is C13H29ClN2. The molecular weight excluding hydrogens is 220 g/mol. The molecule has 1 N–H and O–H groups in total. The maximum atomic E-state index is 3.60. The number of hydrogen-bond acceptors (Lipinski definition) is 2. The van der Waals surface area contributed by atoms with Gasteiger partial charge in [0.15, 0.2) is 0 Å². The van der Waals surface area contributed by atoms with E-state index in [-0.39, 0.29) is 12.4 Å². The van der Waals surface area contributed by atoms with Crippen LogP contribution in [0.4, 0.5) is 0 Å². The fourth-order valence-electron chi connectivity index (χ4n) is 2.34. The van der Waals surface area contributed by atoms with Crippen molar-refractivity contribution in [3.05, 3.63) is 0 Å². The summed E-state index contributed by atoms with van der Waals surface area (Å²) >= 11 is 0. The molecule has 1 saturated heterocycles. The Morgan fingerprint density at radius 1 is 1.31 bits per heavy atom. The number of hydrogen-bond donors (Lipinski definition) is 1. The molecule has 0 saturated carbocycles. The first-order chi connectivity index (χ1) is 7.08. The summed E-state index contributed by atoms with van der Waals surface area (Å²) in [5.41, 5.74) is 0. The maximum absolute atomic E-state index is 3.60. The second kappa shape index (κ2) is 8.32. The van der Waals surface area contributed by atoms with E-state index in [4.69, 9.17) is 0 Å². The van der Waals surface area contributed by atoms with Crippen LogP contribution in [0.15, 0.2) is 0 Å². The Kier molecular flexibility index (Phi) is 8.43. The topological polar surface area (TPSA) is 15.3 Å². The van der Waals surface area contributed by atoms with E-state index in [1.807, 2.05) is 0 Å². The van der Waals surface area contributed by atoms with Crippen molar-refractivity contribution in [3.8, 4) is 0 Å². The highest BCUT2D eigenvalue weighted by atomic mass is 35.5. The molecule has 1 heterocycles. The molecule has 2 unspecified atom stereocenters. The predicted molar refractivity (Wildman–Crippen MR) is 74.4 cm³/mol. The highest BCUT2D eigenvalue weighted by Crippen LogP contribution is 2.15. The van der Waals surface area contributed by atoms with E-state index in [2.05, 4.69) is 37.9 Å². The molecule has 2 atom stereocenters. The van der Waals surface area contributed by atoms with E-state index in [9.17, 15) is 0 Å². The van der Waals surface area contributed by atoms with Crippen molar-refractivity contribution in [1.29, 1.82) is 0 Å². The van der Waals surface area contributed by atoms with E-state index < -0.39 is 0 Å². The third-order valence-corrected chi connectivity index (χ3v) is 3.15. The molecule has 0 aromatic carbocycles. The van der Waals surface area contributed by atoms with Crippen molar-refractivity contribution in [3.63, 3.8) is 0 Å². The lowest BCUT2D eigenvalue weighted by Crippen LogP contribution is -2.44. The lowest BCUT2D eigenvalue weighted by atomic mass is 10.00. The maximum Gasteiger partial charge on any atom is 0.0166 e. The molecule has 0 radical (unpaired) electrons. The van der Waals surface area contributed by atoms with Crippen LogP contribution in [-0.2, 0) is 0 Å². The van der Waals surface area contributed by atoms with Crippen molar-refractivity contribution in [2.45, 2.75) is 46.6 Å². The van der Waals surface area contributed by atoms with Gasteiger partial charge in [0, 0.05) is 19.1 Å². The first kappa shape index (κ1) is 16.2. The Morgan fingerprint density at radius 3 is 2.56 bits per heavy atom. The first-order valence-electron chi connectivity index (χ1n) is 6.53. The van der Waals surface area contributed by atoms with Crippen molar-refractivity contribution in [2.75, 3.05) is 26.2 Å². The van der Waals surface area contributed by atoms with Crippen LogP contribution in [0.1, 0.15) is 40.5 Å². The minimum Gasteiger partial charge on any atom is -0.313 e. The first-order valence-corrected chi connectivity index (χ1v) is 6.53. The predicted octanol–water partition coefficient (Wildman–Crippen LogP) is 2.77. The molecule has 1 fully saturated rings. The van der Waals surface area contributed by atoms with Crippen LogP contribution in [0.5, 0.6) is 0 Å². The minimum absolute atomic E-state index is 0. The minimum atomic E-state index is 0. The fraction of sp³-hybridized carbons (Fsp3) is 1.00. The van der Waals surface area contributed by atoms with Gasteiger partial charge in [-0.25, -0.2) is 0 Å². The zero-order valence-corrected chi connectivity index (χ0v) is 12.1. The lowest BCUT2D eigenvalue weighted by Gasteiger charge is -2.33. The van der Waals surface area contributed by atoms with Gasteiger partial charge in [-0.3, -0.25) is 0 Å². The van der Waals surface area contributed by atoms with Crippen LogP contribution >= 0.6 is 12.4 Å². The van der Waals surface area contributed by atoms with Crippen LogP contribution in [0.25, 0.3) is 0 Å². The smallest absolute Gasteiger partial charge is 0.0166 e. The van der Waals surface area contributed by atoms with Gasteiger partial charge in [-0.2, -0.15) is 0 Å². The molecule has 1 rings (SSSR count). The van der Waals surface area contributed by atoms with Crippen molar-refractivity contribution < 1.29 is 0 Å². The number of nitrogens with one attached hydrogen (secondary N) is 1. The van der Waals surface area contributed by atoms with Crippen molar-refractivity contribution in [2.24, 2.45) is 11.8 Å². The lowest BCUT2D eigenvalue weighted by molar-refractivity contribution is 0.169. The van der Waals surface area contributed by atoms with E-state index in [1.54, 1.807) is 0 Å². The summed E-state index contributed by atoms with van der Waals surface area (Å²) in [6, 6.07) is 0.637. The SMILES string of the molecule is CC(C)CNC(C)CN1CCCC(C)C1.Cl. The normalized spacial score (nSPS) is 24.2. The average Bonchev–Trinajstić information content (AvgIpc) is 2.15. The van der Waals surface area contributed by atoms with Crippen LogP contribution in [-0.4, -0.2) is 37.1 Å². The van der Waals surface area contributed by atoms with Gasteiger partial charge in [0.2, 0.25) is 0 Å². The van der Waals surface area contributed by atoms with Gasteiger partial charge in [0.25, 0.3) is 0 Å². The summed E-state index contributed by atoms with van der Waals surface area (Å²) in [7, 11) is 0. The molecule has 3 heteroatoms. The number of piperidine rings is 1. The molecule has 0 aromatic rings. The van der Waals surface area contributed by atoms with E-state index in [0.717, 1.165) is 18.4 Å². The molecule has 16 heavy (non-hydrogen) atoms. The highest BCUT2D eigenvalue weighted by Gasteiger charge is 2.17. The van der Waals surface area contributed by atoms with Crippen molar-refractivity contribution >= 4 is 12.4 Å². The summed E-state index contributed by atoms with van der Waals surface area (Å²) < 4.78 is 0. The Morgan fingerprint density at radius 2 is 2.00 bits per heavy atom. The van der Waals surface area contributed by atoms with E-state index >= 15 is 0 Å². The third kappa shape index (κ3) is 6.72. The second-order valence-electron chi connectivity index (χ2n) is 5.71. The molecule has 0 spiro atoms. The number of nitrogens with zero attached hydrogens (tertiary/aromatic N) is 1. The summed E-state index contributed by atoms with van der Waals surface area (Å²) in [6.07, 6.45) is 2.81. The number of rotatable bonds is 5. The number of halogens is 1. The van der Waals surface area contributed by atoms with E-state index in [1.165, 1.54) is 32.5 Å². The summed E-state index contributed by atoms with van der Waals surface area (Å²) in [5, 5.41) is 3.60. The largest absolute Gasteiger partial charge is 0.313 e. The quantitative estimate of drug-likeness (QED) is 0.805. The molecule has 1 aliphatic heterocycles. The Hall–Kier alpha value is 0.210. The summed E-state index contributed by atoms with van der Waals surface area (Å²) in [5.74, 6) is 1.66. The van der Waals surface area contributed by atoms with Gasteiger partial charge in [-0.05, 0) is 44.7 Å². The average molecular weight is 249 g/mol. The Bertz CT molecular complexity index is 173. The van der Waals surface area contributed by atoms with Crippen LogP contribution in [0.2, 0.25) is 0 Å². The summed E-state index contributed by atoms with van der Waals surface area (Å²) in [4.78, 5) is 2.62. The van der Waals surface area contributed by atoms with Crippen LogP contribution < -0.4 is 5.32 Å². The van der Waals surface area contributed by atoms with Gasteiger partial charge in [-0.15, -0.1) is 12.4 Å². The highest BCUT2D eigenvalue weighted by molar-refractivity contribution is 5.85. The van der Waals surface area contributed by atoms with Gasteiger partial charge < -0.3 is 10.2 Å². The monoisotopic (exact) mass is 248 g/mol. The molecule has 0 aliphatic carbocycles.